The van der Waals surface area contributed by atoms with Crippen LogP contribution in [0.4, 0.5) is 0 Å². The molecule has 0 aliphatic heterocycles. The number of aromatic nitrogens is 1. The standard InChI is InChI=1S/C16H17N3O5/c1-9-2-4-10(5-3-9)6-18-15(22)11-7-17-13(16(23)19-24)14(21)12(11)8-20/h2-5,7,20-21,24H,6,8H2,1H3,(H,18,22)(H,19,23). The molecule has 126 valence electrons. The molecule has 0 bridgehead atoms. The second kappa shape index (κ2) is 7.53. The Labute approximate surface area is 137 Å². The van der Waals surface area contributed by atoms with E-state index in [1.165, 1.54) is 5.48 Å². The lowest BCUT2D eigenvalue weighted by Gasteiger charge is -2.12. The number of nitrogens with zero attached hydrogens (tertiary/aromatic N) is 1. The lowest BCUT2D eigenvalue weighted by Crippen LogP contribution is -2.26. The molecule has 1 aromatic carbocycles. The van der Waals surface area contributed by atoms with Crippen LogP contribution >= 0.6 is 0 Å². The quantitative estimate of drug-likeness (QED) is 0.403. The molecule has 2 amide bonds. The van der Waals surface area contributed by atoms with Crippen molar-refractivity contribution in [2.75, 3.05) is 0 Å². The maximum absolute atomic E-state index is 12.2. The highest BCUT2D eigenvalue weighted by Gasteiger charge is 2.22. The Morgan fingerprint density at radius 1 is 1.17 bits per heavy atom. The Kier molecular flexibility index (Phi) is 5.46. The fourth-order valence-electron chi connectivity index (χ4n) is 2.10. The molecule has 0 aliphatic carbocycles. The van der Waals surface area contributed by atoms with Gasteiger partial charge >= 0.3 is 0 Å². The van der Waals surface area contributed by atoms with Gasteiger partial charge in [0.2, 0.25) is 0 Å². The van der Waals surface area contributed by atoms with Crippen molar-refractivity contribution in [2.24, 2.45) is 0 Å². The van der Waals surface area contributed by atoms with Gasteiger partial charge < -0.3 is 15.5 Å². The third-order valence-electron chi connectivity index (χ3n) is 3.45. The van der Waals surface area contributed by atoms with Gasteiger partial charge in [-0.05, 0) is 12.5 Å². The molecule has 8 nitrogen and oxygen atoms in total. The van der Waals surface area contributed by atoms with E-state index in [0.29, 0.717) is 0 Å². The minimum absolute atomic E-state index is 0.0587. The molecule has 0 spiro atoms. The number of carbonyl (C=O) groups excluding carboxylic acids is 2. The van der Waals surface area contributed by atoms with Crippen LogP contribution in [0.25, 0.3) is 0 Å². The van der Waals surface area contributed by atoms with Crippen molar-refractivity contribution in [3.63, 3.8) is 0 Å². The summed E-state index contributed by atoms with van der Waals surface area (Å²) >= 11 is 0. The lowest BCUT2D eigenvalue weighted by molar-refractivity contribution is 0.0696. The van der Waals surface area contributed by atoms with E-state index in [1.54, 1.807) is 0 Å². The van der Waals surface area contributed by atoms with Gasteiger partial charge in [0, 0.05) is 18.3 Å². The molecule has 24 heavy (non-hydrogen) atoms. The van der Waals surface area contributed by atoms with Gasteiger partial charge in [-0.25, -0.2) is 10.5 Å². The highest BCUT2D eigenvalue weighted by Crippen LogP contribution is 2.24. The fourth-order valence-corrected chi connectivity index (χ4v) is 2.10. The first-order valence-corrected chi connectivity index (χ1v) is 7.07. The number of carbonyl (C=O) groups is 2. The molecule has 8 heteroatoms. The zero-order chi connectivity index (χ0) is 17.7. The molecule has 0 saturated heterocycles. The Morgan fingerprint density at radius 3 is 2.42 bits per heavy atom. The number of aliphatic hydroxyl groups excluding tert-OH is 1. The molecule has 0 saturated carbocycles. The lowest BCUT2D eigenvalue weighted by atomic mass is 10.1. The third-order valence-corrected chi connectivity index (χ3v) is 3.45. The number of aromatic hydroxyl groups is 1. The van der Waals surface area contributed by atoms with E-state index in [2.05, 4.69) is 10.3 Å². The van der Waals surface area contributed by atoms with E-state index in [4.69, 9.17) is 5.21 Å². The number of hydrogen-bond acceptors (Lipinski definition) is 6. The highest BCUT2D eigenvalue weighted by atomic mass is 16.5. The first-order valence-electron chi connectivity index (χ1n) is 7.07. The molecule has 2 rings (SSSR count). The molecule has 0 radical (unpaired) electrons. The van der Waals surface area contributed by atoms with E-state index >= 15 is 0 Å². The molecule has 1 aromatic heterocycles. The van der Waals surface area contributed by atoms with E-state index in [0.717, 1.165) is 17.3 Å². The number of nitrogens with one attached hydrogen (secondary N) is 2. The van der Waals surface area contributed by atoms with Crippen LogP contribution in [0.15, 0.2) is 30.5 Å². The molecule has 0 fully saturated rings. The average Bonchev–Trinajstić information content (AvgIpc) is 2.60. The van der Waals surface area contributed by atoms with Crippen LogP contribution in [-0.4, -0.2) is 32.2 Å². The highest BCUT2D eigenvalue weighted by molar-refractivity contribution is 5.99. The van der Waals surface area contributed by atoms with Crippen LogP contribution in [0.5, 0.6) is 5.75 Å². The molecular weight excluding hydrogens is 314 g/mol. The van der Waals surface area contributed by atoms with Crippen molar-refractivity contribution in [1.29, 1.82) is 0 Å². The van der Waals surface area contributed by atoms with Crippen molar-refractivity contribution in [3.05, 3.63) is 58.4 Å². The van der Waals surface area contributed by atoms with Crippen LogP contribution in [0, 0.1) is 6.92 Å². The number of pyridine rings is 1. The van der Waals surface area contributed by atoms with E-state index in [-0.39, 0.29) is 17.7 Å². The van der Waals surface area contributed by atoms with Crippen LogP contribution in [0.1, 0.15) is 37.5 Å². The van der Waals surface area contributed by atoms with Crippen LogP contribution in [0.3, 0.4) is 0 Å². The summed E-state index contributed by atoms with van der Waals surface area (Å²) in [5.41, 5.74) is 2.61. The average molecular weight is 331 g/mol. The van der Waals surface area contributed by atoms with Crippen molar-refractivity contribution in [3.8, 4) is 5.75 Å². The van der Waals surface area contributed by atoms with Gasteiger partial charge in [0.25, 0.3) is 11.8 Å². The zero-order valence-electron chi connectivity index (χ0n) is 12.9. The molecular formula is C16H17N3O5. The predicted octanol–water partition coefficient (Wildman–Crippen LogP) is 0.637. The first-order chi connectivity index (χ1) is 11.5. The summed E-state index contributed by atoms with van der Waals surface area (Å²) in [6, 6.07) is 7.56. The zero-order valence-corrected chi connectivity index (χ0v) is 12.9. The number of rotatable bonds is 5. The molecule has 5 N–H and O–H groups in total. The number of hydroxylamine groups is 1. The van der Waals surface area contributed by atoms with Gasteiger partial charge in [0.05, 0.1) is 12.2 Å². The number of aryl methyl sites for hydroxylation is 1. The topological polar surface area (TPSA) is 132 Å². The molecule has 0 atom stereocenters. The van der Waals surface area contributed by atoms with Crippen LogP contribution < -0.4 is 10.8 Å². The first kappa shape index (κ1) is 17.4. The largest absolute Gasteiger partial charge is 0.505 e. The summed E-state index contributed by atoms with van der Waals surface area (Å²) in [5, 5.41) is 30.6. The summed E-state index contributed by atoms with van der Waals surface area (Å²) in [5.74, 6) is -2.26. The number of benzene rings is 1. The molecule has 1 heterocycles. The second-order valence-electron chi connectivity index (χ2n) is 5.11. The van der Waals surface area contributed by atoms with Gasteiger partial charge in [-0.15, -0.1) is 0 Å². The van der Waals surface area contributed by atoms with Crippen LogP contribution in [-0.2, 0) is 13.2 Å². The van der Waals surface area contributed by atoms with E-state index in [9.17, 15) is 19.8 Å². The Hall–Kier alpha value is -2.97. The van der Waals surface area contributed by atoms with Crippen LogP contribution in [0.2, 0.25) is 0 Å². The van der Waals surface area contributed by atoms with Crippen molar-refractivity contribution in [1.82, 2.24) is 15.8 Å². The summed E-state index contributed by atoms with van der Waals surface area (Å²) in [7, 11) is 0. The maximum Gasteiger partial charge on any atom is 0.297 e. The monoisotopic (exact) mass is 331 g/mol. The normalized spacial score (nSPS) is 10.3. The van der Waals surface area contributed by atoms with E-state index in [1.807, 2.05) is 31.2 Å². The maximum atomic E-state index is 12.2. The van der Waals surface area contributed by atoms with Gasteiger partial charge in [0.15, 0.2) is 11.4 Å². The summed E-state index contributed by atoms with van der Waals surface area (Å²) in [6.45, 7) is 1.53. The fraction of sp³-hybridized carbons (Fsp3) is 0.188. The number of amides is 2. The summed E-state index contributed by atoms with van der Waals surface area (Å²) < 4.78 is 0. The molecule has 0 aliphatic rings. The SMILES string of the molecule is Cc1ccc(CNC(=O)c2cnc(C(=O)NO)c(O)c2CO)cc1. The van der Waals surface area contributed by atoms with Crippen molar-refractivity contribution in [2.45, 2.75) is 20.1 Å². The molecule has 0 unspecified atom stereocenters. The minimum atomic E-state index is -1.05. The number of hydrogen-bond donors (Lipinski definition) is 5. The number of aliphatic hydroxyl groups is 1. The molecule has 2 aromatic rings. The summed E-state index contributed by atoms with van der Waals surface area (Å²) in [4.78, 5) is 27.3. The third kappa shape index (κ3) is 3.67. The van der Waals surface area contributed by atoms with Gasteiger partial charge in [-0.2, -0.15) is 0 Å². The predicted molar refractivity (Wildman–Crippen MR) is 83.4 cm³/mol. The minimum Gasteiger partial charge on any atom is -0.505 e. The smallest absolute Gasteiger partial charge is 0.297 e. The second-order valence-corrected chi connectivity index (χ2v) is 5.11. The van der Waals surface area contributed by atoms with E-state index < -0.39 is 29.9 Å². The Morgan fingerprint density at radius 2 is 1.83 bits per heavy atom. The van der Waals surface area contributed by atoms with Gasteiger partial charge in [-0.3, -0.25) is 14.8 Å². The van der Waals surface area contributed by atoms with Crippen molar-refractivity contribution >= 4 is 11.8 Å². The Bertz CT molecular complexity index is 759. The van der Waals surface area contributed by atoms with Crippen molar-refractivity contribution < 1.29 is 25.0 Å². The van der Waals surface area contributed by atoms with Gasteiger partial charge in [-0.1, -0.05) is 29.8 Å². The van der Waals surface area contributed by atoms with Gasteiger partial charge in [0.1, 0.15) is 0 Å². The Balaban J connectivity index is 2.21. The summed E-state index contributed by atoms with van der Waals surface area (Å²) in [6.07, 6.45) is 1.06.